The SMILES string of the molecule is CCC1CCCCC1Nc1ncc(-c2cccs2)cc1CN1C(=O)O[C@H](c2cc(C(F)(F)F)cc(C(F)(F)F)c2)[C@@H]1C. The van der Waals surface area contributed by atoms with Gasteiger partial charge in [-0.1, -0.05) is 32.3 Å². The molecule has 12 heteroatoms. The van der Waals surface area contributed by atoms with E-state index in [2.05, 4.69) is 12.2 Å². The van der Waals surface area contributed by atoms with Crippen LogP contribution in [0.5, 0.6) is 0 Å². The lowest BCUT2D eigenvalue weighted by Crippen LogP contribution is -2.34. The Morgan fingerprint density at radius 1 is 1.05 bits per heavy atom. The summed E-state index contributed by atoms with van der Waals surface area (Å²) in [6, 6.07) is 6.43. The maximum atomic E-state index is 13.5. The van der Waals surface area contributed by atoms with Gasteiger partial charge >= 0.3 is 18.4 Å². The predicted octanol–water partition coefficient (Wildman–Crippen LogP) is 9.31. The third kappa shape index (κ3) is 6.38. The van der Waals surface area contributed by atoms with Crippen molar-refractivity contribution in [3.05, 3.63) is 70.2 Å². The van der Waals surface area contributed by atoms with Crippen molar-refractivity contribution in [1.82, 2.24) is 9.88 Å². The normalized spacial score (nSPS) is 23.2. The maximum absolute atomic E-state index is 13.5. The van der Waals surface area contributed by atoms with E-state index in [1.54, 1.807) is 13.1 Å². The molecule has 4 atom stereocenters. The van der Waals surface area contributed by atoms with Crippen molar-refractivity contribution in [2.45, 2.75) is 83.0 Å². The zero-order valence-electron chi connectivity index (χ0n) is 23.1. The molecule has 1 aromatic carbocycles. The number of amides is 1. The Morgan fingerprint density at radius 3 is 2.36 bits per heavy atom. The van der Waals surface area contributed by atoms with E-state index in [0.717, 1.165) is 36.1 Å². The van der Waals surface area contributed by atoms with Crippen LogP contribution >= 0.6 is 11.3 Å². The van der Waals surface area contributed by atoms with Crippen LogP contribution in [0, 0.1) is 5.92 Å². The Hall–Kier alpha value is -3.28. The first-order valence-corrected chi connectivity index (χ1v) is 14.8. The number of cyclic esters (lactones) is 1. The van der Waals surface area contributed by atoms with Gasteiger partial charge < -0.3 is 10.1 Å². The van der Waals surface area contributed by atoms with Crippen LogP contribution in [0.25, 0.3) is 10.4 Å². The van der Waals surface area contributed by atoms with E-state index in [1.807, 2.05) is 23.6 Å². The highest BCUT2D eigenvalue weighted by Crippen LogP contribution is 2.42. The molecule has 3 aromatic rings. The number of thiophene rings is 1. The van der Waals surface area contributed by atoms with Gasteiger partial charge in [0.25, 0.3) is 0 Å². The summed E-state index contributed by atoms with van der Waals surface area (Å²) in [6.07, 6.45) is -5.06. The van der Waals surface area contributed by atoms with E-state index in [9.17, 15) is 31.1 Å². The second kappa shape index (κ2) is 11.8. The molecule has 42 heavy (non-hydrogen) atoms. The number of carbonyl (C=O) groups is 1. The highest BCUT2D eigenvalue weighted by molar-refractivity contribution is 7.13. The van der Waals surface area contributed by atoms with Crippen molar-refractivity contribution >= 4 is 23.2 Å². The average Bonchev–Trinajstić information content (AvgIpc) is 3.58. The van der Waals surface area contributed by atoms with Crippen LogP contribution in [-0.2, 0) is 23.6 Å². The van der Waals surface area contributed by atoms with Crippen LogP contribution in [0.1, 0.15) is 74.3 Å². The lowest BCUT2D eigenvalue weighted by atomic mass is 9.83. The van der Waals surface area contributed by atoms with Crippen molar-refractivity contribution in [3.63, 3.8) is 0 Å². The number of benzene rings is 1. The zero-order valence-corrected chi connectivity index (χ0v) is 23.9. The third-order valence-electron chi connectivity index (χ3n) is 8.20. The molecule has 226 valence electrons. The fourth-order valence-electron chi connectivity index (χ4n) is 5.89. The quantitative estimate of drug-likeness (QED) is 0.271. The Kier molecular flexibility index (Phi) is 8.46. The molecule has 1 aliphatic heterocycles. The summed E-state index contributed by atoms with van der Waals surface area (Å²) >= 11 is 1.53. The van der Waals surface area contributed by atoms with Crippen LogP contribution in [0.4, 0.5) is 37.0 Å². The van der Waals surface area contributed by atoms with Gasteiger partial charge in [0.2, 0.25) is 0 Å². The minimum atomic E-state index is -5.01. The van der Waals surface area contributed by atoms with Crippen LogP contribution in [0.3, 0.4) is 0 Å². The summed E-state index contributed by atoms with van der Waals surface area (Å²) in [5, 5.41) is 5.52. The number of alkyl halides is 6. The first-order chi connectivity index (χ1) is 19.8. The smallest absolute Gasteiger partial charge is 0.416 e. The summed E-state index contributed by atoms with van der Waals surface area (Å²) in [5.41, 5.74) is -1.74. The summed E-state index contributed by atoms with van der Waals surface area (Å²) in [6.45, 7) is 3.72. The summed E-state index contributed by atoms with van der Waals surface area (Å²) < 4.78 is 86.5. The number of hydrogen-bond donors (Lipinski definition) is 1. The van der Waals surface area contributed by atoms with Gasteiger partial charge in [0, 0.05) is 28.2 Å². The lowest BCUT2D eigenvalue weighted by Gasteiger charge is -2.33. The number of carbonyl (C=O) groups excluding carboxylic acids is 1. The first kappa shape index (κ1) is 30.2. The Morgan fingerprint density at radius 2 is 1.74 bits per heavy atom. The van der Waals surface area contributed by atoms with E-state index >= 15 is 0 Å². The molecular formula is C30H31F6N3O2S. The van der Waals surface area contributed by atoms with Crippen LogP contribution in [0.15, 0.2) is 48.0 Å². The molecule has 2 fully saturated rings. The molecule has 1 saturated heterocycles. The maximum Gasteiger partial charge on any atom is 0.416 e. The molecule has 0 spiro atoms. The topological polar surface area (TPSA) is 54.5 Å². The largest absolute Gasteiger partial charge is 0.439 e. The number of nitrogens with zero attached hydrogens (tertiary/aromatic N) is 2. The second-order valence-corrected chi connectivity index (χ2v) is 11.9. The van der Waals surface area contributed by atoms with Crippen molar-refractivity contribution in [2.75, 3.05) is 5.32 Å². The summed E-state index contributed by atoms with van der Waals surface area (Å²) in [5.74, 6) is 1.07. The summed E-state index contributed by atoms with van der Waals surface area (Å²) in [4.78, 5) is 20.1. The van der Waals surface area contributed by atoms with E-state index in [4.69, 9.17) is 9.72 Å². The number of pyridine rings is 1. The Balaban J connectivity index is 1.47. The monoisotopic (exact) mass is 611 g/mol. The van der Waals surface area contributed by atoms with Gasteiger partial charge in [0.05, 0.1) is 23.7 Å². The molecule has 0 radical (unpaired) electrons. The number of rotatable bonds is 7. The molecular weight excluding hydrogens is 580 g/mol. The van der Waals surface area contributed by atoms with Gasteiger partial charge in [0.15, 0.2) is 0 Å². The Labute approximate surface area is 243 Å². The molecule has 2 aromatic heterocycles. The van der Waals surface area contributed by atoms with Gasteiger partial charge in [-0.15, -0.1) is 11.3 Å². The zero-order chi connectivity index (χ0) is 30.2. The highest BCUT2D eigenvalue weighted by Gasteiger charge is 2.43. The molecule has 5 rings (SSSR count). The number of hydrogen-bond acceptors (Lipinski definition) is 5. The number of nitrogens with one attached hydrogen (secondary N) is 1. The molecule has 2 aliphatic rings. The van der Waals surface area contributed by atoms with Crippen molar-refractivity contribution < 1.29 is 35.9 Å². The standard InChI is InChI=1S/C30H31F6N3O2S/c1-3-18-7-4-5-8-24(18)38-27-21(11-20(15-37-27)25-9-6-10-42-25)16-39-17(2)26(41-28(39)40)19-12-22(29(31,32)33)14-23(13-19)30(34,35)36/h6,9-15,17-18,24,26H,3-5,7-8,16H2,1-2H3,(H,37,38)/t17-,18?,24?,26-/m0/s1. The molecule has 1 N–H and O–H groups in total. The van der Waals surface area contributed by atoms with Crippen LogP contribution in [0.2, 0.25) is 0 Å². The van der Waals surface area contributed by atoms with Crippen molar-refractivity contribution in [2.24, 2.45) is 5.92 Å². The van der Waals surface area contributed by atoms with E-state index in [1.165, 1.54) is 22.7 Å². The first-order valence-electron chi connectivity index (χ1n) is 13.9. The van der Waals surface area contributed by atoms with E-state index < -0.39 is 41.7 Å². The number of aromatic nitrogens is 1. The molecule has 1 saturated carbocycles. The average molecular weight is 612 g/mol. The number of halogens is 6. The Bertz CT molecular complexity index is 1380. The molecule has 3 heterocycles. The minimum absolute atomic E-state index is 0.0135. The molecule has 2 unspecified atom stereocenters. The van der Waals surface area contributed by atoms with Gasteiger partial charge in [-0.3, -0.25) is 4.90 Å². The minimum Gasteiger partial charge on any atom is -0.439 e. The lowest BCUT2D eigenvalue weighted by molar-refractivity contribution is -0.143. The fourth-order valence-corrected chi connectivity index (χ4v) is 6.60. The number of ether oxygens (including phenoxy) is 1. The molecule has 5 nitrogen and oxygen atoms in total. The van der Waals surface area contributed by atoms with Crippen LogP contribution < -0.4 is 5.32 Å². The highest BCUT2D eigenvalue weighted by atomic mass is 32.1. The predicted molar refractivity (Wildman–Crippen MR) is 148 cm³/mol. The van der Waals surface area contributed by atoms with E-state index in [0.29, 0.717) is 29.4 Å². The molecule has 0 bridgehead atoms. The second-order valence-electron chi connectivity index (χ2n) is 10.9. The molecule has 1 aliphatic carbocycles. The van der Waals surface area contributed by atoms with Gasteiger partial charge in [-0.05, 0) is 67.0 Å². The van der Waals surface area contributed by atoms with Crippen molar-refractivity contribution in [1.29, 1.82) is 0 Å². The third-order valence-corrected chi connectivity index (χ3v) is 9.12. The van der Waals surface area contributed by atoms with Crippen LogP contribution in [-0.4, -0.2) is 28.1 Å². The van der Waals surface area contributed by atoms with Gasteiger partial charge in [-0.25, -0.2) is 9.78 Å². The number of anilines is 1. The summed E-state index contributed by atoms with van der Waals surface area (Å²) in [7, 11) is 0. The van der Waals surface area contributed by atoms with Gasteiger partial charge in [0.1, 0.15) is 11.9 Å². The van der Waals surface area contributed by atoms with Gasteiger partial charge in [-0.2, -0.15) is 26.3 Å². The fraction of sp³-hybridized carbons (Fsp3) is 0.467. The van der Waals surface area contributed by atoms with E-state index in [-0.39, 0.29) is 24.2 Å². The molecule has 1 amide bonds. The van der Waals surface area contributed by atoms with Crippen molar-refractivity contribution in [3.8, 4) is 10.4 Å².